The molecule has 23 heavy (non-hydrogen) atoms. The zero-order chi connectivity index (χ0) is 16.2. The number of benzene rings is 1. The van der Waals surface area contributed by atoms with Crippen molar-refractivity contribution in [1.29, 1.82) is 0 Å². The molecule has 0 unspecified atom stereocenters. The number of nitrogens with zero attached hydrogens (tertiary/aromatic N) is 3. The first-order valence-corrected chi connectivity index (χ1v) is 7.90. The molecule has 5 nitrogen and oxygen atoms in total. The van der Waals surface area contributed by atoms with Crippen LogP contribution in [0.25, 0.3) is 10.9 Å². The van der Waals surface area contributed by atoms with E-state index in [1.54, 1.807) is 12.3 Å². The SMILES string of the molecule is Cc1cc(Cl)nc(NCCNc2ccnc3cc(Cl)ccc23)n1. The molecule has 3 rings (SSSR count). The molecule has 0 radical (unpaired) electrons. The largest absolute Gasteiger partial charge is 0.383 e. The minimum absolute atomic E-state index is 0.435. The van der Waals surface area contributed by atoms with Crippen LogP contribution in [0.15, 0.2) is 36.5 Å². The Labute approximate surface area is 144 Å². The van der Waals surface area contributed by atoms with E-state index >= 15 is 0 Å². The summed E-state index contributed by atoms with van der Waals surface area (Å²) in [5.74, 6) is 0.531. The van der Waals surface area contributed by atoms with E-state index in [2.05, 4.69) is 25.6 Å². The average Bonchev–Trinajstić information content (AvgIpc) is 2.50. The molecule has 0 saturated carbocycles. The summed E-state index contributed by atoms with van der Waals surface area (Å²) in [6.07, 6.45) is 1.76. The molecule has 7 heteroatoms. The van der Waals surface area contributed by atoms with E-state index in [0.29, 0.717) is 29.2 Å². The standard InChI is InChI=1S/C16H15Cl2N5/c1-10-8-15(18)23-16(22-10)21-7-6-20-13-4-5-19-14-9-11(17)2-3-12(13)14/h2-5,8-9H,6-7H2,1H3,(H,19,20)(H,21,22,23). The molecule has 0 spiro atoms. The first-order valence-electron chi connectivity index (χ1n) is 7.15. The van der Waals surface area contributed by atoms with Crippen molar-refractivity contribution in [2.75, 3.05) is 23.7 Å². The smallest absolute Gasteiger partial charge is 0.224 e. The first-order chi connectivity index (χ1) is 11.1. The van der Waals surface area contributed by atoms with Crippen molar-refractivity contribution < 1.29 is 0 Å². The summed E-state index contributed by atoms with van der Waals surface area (Å²) in [5, 5.41) is 8.67. The van der Waals surface area contributed by atoms with E-state index in [1.165, 1.54) is 0 Å². The van der Waals surface area contributed by atoms with Crippen LogP contribution in [0.5, 0.6) is 0 Å². The van der Waals surface area contributed by atoms with Gasteiger partial charge in [-0.15, -0.1) is 0 Å². The second kappa shape index (κ2) is 6.98. The molecular weight excluding hydrogens is 333 g/mol. The van der Waals surface area contributed by atoms with Gasteiger partial charge in [0.25, 0.3) is 0 Å². The number of hydrogen-bond acceptors (Lipinski definition) is 5. The molecular formula is C16H15Cl2N5. The minimum Gasteiger partial charge on any atom is -0.383 e. The van der Waals surface area contributed by atoms with Gasteiger partial charge < -0.3 is 10.6 Å². The molecule has 2 N–H and O–H groups in total. The van der Waals surface area contributed by atoms with E-state index in [9.17, 15) is 0 Å². The number of hydrogen-bond donors (Lipinski definition) is 2. The molecule has 0 bridgehead atoms. The molecule has 0 atom stereocenters. The monoisotopic (exact) mass is 347 g/mol. The number of rotatable bonds is 5. The Balaban J connectivity index is 1.63. The molecule has 118 valence electrons. The minimum atomic E-state index is 0.435. The van der Waals surface area contributed by atoms with Crippen LogP contribution in [0.2, 0.25) is 10.2 Å². The Hall–Kier alpha value is -2.11. The fourth-order valence-corrected chi connectivity index (χ4v) is 2.66. The van der Waals surface area contributed by atoms with E-state index in [4.69, 9.17) is 23.2 Å². The van der Waals surface area contributed by atoms with Crippen LogP contribution in [-0.2, 0) is 0 Å². The van der Waals surface area contributed by atoms with Crippen LogP contribution in [0.4, 0.5) is 11.6 Å². The summed E-state index contributed by atoms with van der Waals surface area (Å²) in [4.78, 5) is 12.7. The van der Waals surface area contributed by atoms with Gasteiger partial charge in [0.05, 0.1) is 5.52 Å². The molecule has 2 heterocycles. The van der Waals surface area contributed by atoms with Crippen molar-refractivity contribution in [1.82, 2.24) is 15.0 Å². The topological polar surface area (TPSA) is 62.7 Å². The Bertz CT molecular complexity index is 818. The lowest BCUT2D eigenvalue weighted by Gasteiger charge is -2.10. The number of pyridine rings is 1. The number of anilines is 2. The molecule has 0 fully saturated rings. The van der Waals surface area contributed by atoms with E-state index in [1.807, 2.05) is 31.2 Å². The van der Waals surface area contributed by atoms with Gasteiger partial charge >= 0.3 is 0 Å². The number of fused-ring (bicyclic) bond motifs is 1. The van der Waals surface area contributed by atoms with Gasteiger partial charge in [-0.2, -0.15) is 0 Å². The maximum absolute atomic E-state index is 6.00. The molecule has 0 aliphatic carbocycles. The number of aryl methyl sites for hydroxylation is 1. The number of nitrogens with one attached hydrogen (secondary N) is 2. The first kappa shape index (κ1) is 15.8. The highest BCUT2D eigenvalue weighted by atomic mass is 35.5. The van der Waals surface area contributed by atoms with Crippen LogP contribution in [0.1, 0.15) is 5.69 Å². The molecule has 1 aromatic carbocycles. The van der Waals surface area contributed by atoms with Gasteiger partial charge in [0.1, 0.15) is 5.15 Å². The maximum Gasteiger partial charge on any atom is 0.224 e. The predicted molar refractivity (Wildman–Crippen MR) is 95.5 cm³/mol. The third-order valence-corrected chi connectivity index (χ3v) is 3.68. The second-order valence-corrected chi connectivity index (χ2v) is 5.85. The summed E-state index contributed by atoms with van der Waals surface area (Å²) in [7, 11) is 0. The van der Waals surface area contributed by atoms with E-state index in [-0.39, 0.29) is 0 Å². The van der Waals surface area contributed by atoms with Crippen molar-refractivity contribution in [3.63, 3.8) is 0 Å². The van der Waals surface area contributed by atoms with Gasteiger partial charge in [-0.05, 0) is 37.3 Å². The quantitative estimate of drug-likeness (QED) is 0.535. The van der Waals surface area contributed by atoms with Crippen molar-refractivity contribution in [2.24, 2.45) is 0 Å². The fraction of sp³-hybridized carbons (Fsp3) is 0.188. The van der Waals surface area contributed by atoms with Crippen molar-refractivity contribution in [3.05, 3.63) is 52.4 Å². The fourth-order valence-electron chi connectivity index (χ4n) is 2.26. The van der Waals surface area contributed by atoms with Crippen molar-refractivity contribution in [3.8, 4) is 0 Å². The van der Waals surface area contributed by atoms with Gasteiger partial charge in [-0.25, -0.2) is 9.97 Å². The number of halogens is 2. The van der Waals surface area contributed by atoms with Crippen molar-refractivity contribution >= 4 is 45.7 Å². The summed E-state index contributed by atoms with van der Waals surface area (Å²) in [6, 6.07) is 9.33. The van der Waals surface area contributed by atoms with Crippen LogP contribution in [0, 0.1) is 6.92 Å². The third-order valence-electron chi connectivity index (χ3n) is 3.25. The highest BCUT2D eigenvalue weighted by Gasteiger charge is 2.03. The van der Waals surface area contributed by atoms with Crippen molar-refractivity contribution in [2.45, 2.75) is 6.92 Å². The zero-order valence-corrected chi connectivity index (χ0v) is 14.0. The highest BCUT2D eigenvalue weighted by Crippen LogP contribution is 2.24. The Kier molecular flexibility index (Phi) is 4.79. The van der Waals surface area contributed by atoms with Crippen LogP contribution in [0.3, 0.4) is 0 Å². The lowest BCUT2D eigenvalue weighted by Crippen LogP contribution is -2.15. The molecule has 3 aromatic rings. The van der Waals surface area contributed by atoms with Crippen LogP contribution in [-0.4, -0.2) is 28.0 Å². The van der Waals surface area contributed by atoms with E-state index in [0.717, 1.165) is 22.3 Å². The Morgan fingerprint density at radius 3 is 2.65 bits per heavy atom. The van der Waals surface area contributed by atoms with Gasteiger partial charge in [0.15, 0.2) is 0 Å². The second-order valence-electron chi connectivity index (χ2n) is 5.03. The molecule has 0 aliphatic heterocycles. The molecule has 0 aliphatic rings. The van der Waals surface area contributed by atoms with E-state index < -0.39 is 0 Å². The number of aromatic nitrogens is 3. The summed E-state index contributed by atoms with van der Waals surface area (Å²) < 4.78 is 0. The lowest BCUT2D eigenvalue weighted by atomic mass is 10.2. The highest BCUT2D eigenvalue weighted by molar-refractivity contribution is 6.31. The average molecular weight is 348 g/mol. The molecule has 2 aromatic heterocycles. The normalized spacial score (nSPS) is 10.7. The van der Waals surface area contributed by atoms with Gasteiger partial charge in [0.2, 0.25) is 5.95 Å². The van der Waals surface area contributed by atoms with Gasteiger partial charge in [0, 0.05) is 41.1 Å². The lowest BCUT2D eigenvalue weighted by molar-refractivity contribution is 1.01. The van der Waals surface area contributed by atoms with Gasteiger partial charge in [-0.3, -0.25) is 4.98 Å². The summed E-state index contributed by atoms with van der Waals surface area (Å²) >= 11 is 11.9. The summed E-state index contributed by atoms with van der Waals surface area (Å²) in [6.45, 7) is 3.25. The predicted octanol–water partition coefficient (Wildman–Crippen LogP) is 4.16. The Morgan fingerprint density at radius 2 is 1.83 bits per heavy atom. The maximum atomic E-state index is 6.00. The zero-order valence-electron chi connectivity index (χ0n) is 12.5. The summed E-state index contributed by atoms with van der Waals surface area (Å²) in [5.41, 5.74) is 2.71. The Morgan fingerprint density at radius 1 is 1.00 bits per heavy atom. The molecule has 0 saturated heterocycles. The molecule has 0 amide bonds. The van der Waals surface area contributed by atoms with Crippen LogP contribution >= 0.6 is 23.2 Å². The third kappa shape index (κ3) is 4.00. The van der Waals surface area contributed by atoms with Crippen LogP contribution < -0.4 is 10.6 Å². The van der Waals surface area contributed by atoms with Gasteiger partial charge in [-0.1, -0.05) is 23.2 Å².